The number of carbonyl (C=O) groups is 1. The van der Waals surface area contributed by atoms with E-state index in [9.17, 15) is 4.79 Å². The minimum Gasteiger partial charge on any atom is -0.459 e. The van der Waals surface area contributed by atoms with Gasteiger partial charge in [0.05, 0.1) is 6.54 Å². The van der Waals surface area contributed by atoms with E-state index in [-0.39, 0.29) is 12.5 Å². The summed E-state index contributed by atoms with van der Waals surface area (Å²) in [4.78, 5) is 13.6. The third-order valence-corrected chi connectivity index (χ3v) is 2.99. The van der Waals surface area contributed by atoms with E-state index in [1.165, 1.54) is 0 Å². The van der Waals surface area contributed by atoms with E-state index in [1.807, 2.05) is 50.9 Å². The molecule has 0 aromatic heterocycles. The summed E-state index contributed by atoms with van der Waals surface area (Å²) in [7, 11) is 1.84. The van der Waals surface area contributed by atoms with E-state index in [4.69, 9.17) is 22.8 Å². The van der Waals surface area contributed by atoms with Gasteiger partial charge in [0.1, 0.15) is 5.60 Å². The minimum absolute atomic E-state index is 0.215. The molecule has 0 aliphatic rings. The van der Waals surface area contributed by atoms with Gasteiger partial charge in [-0.3, -0.25) is 9.69 Å². The molecule has 0 heterocycles. The Hall–Kier alpha value is -1.76. The number of rotatable bonds is 5. The lowest BCUT2D eigenvalue weighted by molar-refractivity contribution is -0.155. The number of halogens is 1. The molecule has 0 bridgehead atoms. The summed E-state index contributed by atoms with van der Waals surface area (Å²) < 4.78 is 5.28. The Labute approximate surface area is 137 Å². The maximum Gasteiger partial charge on any atom is 0.320 e. The molecule has 0 saturated heterocycles. The zero-order valence-electron chi connectivity index (χ0n) is 13.5. The molecular weight excluding hydrogens is 298 g/mol. The number of terminal acetylenes is 1. The molecule has 1 aromatic rings. The first-order valence-electron chi connectivity index (χ1n) is 7.04. The fourth-order valence-electron chi connectivity index (χ4n) is 1.80. The molecule has 0 aliphatic heterocycles. The first-order chi connectivity index (χ1) is 10.2. The van der Waals surface area contributed by atoms with Gasteiger partial charge < -0.3 is 4.74 Å². The third kappa shape index (κ3) is 6.80. The number of benzene rings is 1. The quantitative estimate of drug-likeness (QED) is 0.613. The second-order valence-corrected chi connectivity index (χ2v) is 6.49. The Bertz CT molecular complexity index is 577. The van der Waals surface area contributed by atoms with Crippen LogP contribution in [0.4, 0.5) is 0 Å². The lowest BCUT2D eigenvalue weighted by Gasteiger charge is -2.22. The topological polar surface area (TPSA) is 29.5 Å². The number of carbonyl (C=O) groups excluding carboxylic acids is 1. The normalized spacial score (nSPS) is 12.1. The fourth-order valence-corrected chi connectivity index (χ4v) is 1.92. The molecule has 3 nitrogen and oxygen atoms in total. The number of allylic oxidation sites excluding steroid dienone is 1. The zero-order chi connectivity index (χ0) is 16.8. The van der Waals surface area contributed by atoms with Crippen molar-refractivity contribution in [3.63, 3.8) is 0 Å². The van der Waals surface area contributed by atoms with Crippen LogP contribution >= 0.6 is 11.6 Å². The maximum absolute atomic E-state index is 11.8. The molecular formula is C18H22ClNO2. The predicted molar refractivity (Wildman–Crippen MR) is 91.6 cm³/mol. The minimum atomic E-state index is -0.471. The molecule has 0 spiro atoms. The Morgan fingerprint density at radius 1 is 1.36 bits per heavy atom. The second kappa shape index (κ2) is 8.03. The molecule has 0 unspecified atom stereocenters. The Morgan fingerprint density at radius 3 is 2.45 bits per heavy atom. The average molecular weight is 320 g/mol. The summed E-state index contributed by atoms with van der Waals surface area (Å²) in [5, 5.41) is 0.669. The van der Waals surface area contributed by atoms with Gasteiger partial charge in [-0.1, -0.05) is 35.7 Å². The number of ether oxygens (including phenoxy) is 1. The third-order valence-electron chi connectivity index (χ3n) is 2.74. The van der Waals surface area contributed by atoms with Gasteiger partial charge in [-0.15, -0.1) is 6.42 Å². The number of likely N-dealkylation sites (N-methyl/N-ethyl adjacent to an activating group) is 1. The van der Waals surface area contributed by atoms with Gasteiger partial charge in [-0.25, -0.2) is 0 Å². The highest BCUT2D eigenvalue weighted by molar-refractivity contribution is 6.30. The van der Waals surface area contributed by atoms with E-state index in [1.54, 1.807) is 12.1 Å². The van der Waals surface area contributed by atoms with Crippen molar-refractivity contribution in [3.05, 3.63) is 40.9 Å². The van der Waals surface area contributed by atoms with Crippen molar-refractivity contribution in [2.45, 2.75) is 26.4 Å². The van der Waals surface area contributed by atoms with Gasteiger partial charge in [0.25, 0.3) is 0 Å². The van der Waals surface area contributed by atoms with Crippen LogP contribution < -0.4 is 0 Å². The number of esters is 1. The SMILES string of the molecule is C#CC(=CCN(C)CC(=O)OC(C)(C)C)c1ccc(Cl)cc1. The summed E-state index contributed by atoms with van der Waals surface area (Å²) in [6.45, 7) is 6.32. The number of hydrogen-bond acceptors (Lipinski definition) is 3. The average Bonchev–Trinajstić information content (AvgIpc) is 2.39. The first kappa shape index (κ1) is 18.3. The number of hydrogen-bond donors (Lipinski definition) is 0. The van der Waals surface area contributed by atoms with Crippen LogP contribution in [0, 0.1) is 12.3 Å². The molecule has 1 rings (SSSR count). The predicted octanol–water partition coefficient (Wildman–Crippen LogP) is 3.63. The molecule has 0 saturated carbocycles. The van der Waals surface area contributed by atoms with Crippen LogP contribution in [0.1, 0.15) is 26.3 Å². The van der Waals surface area contributed by atoms with Crippen LogP contribution in [-0.4, -0.2) is 36.6 Å². The summed E-state index contributed by atoms with van der Waals surface area (Å²) >= 11 is 5.87. The van der Waals surface area contributed by atoms with Crippen molar-refractivity contribution in [3.8, 4) is 12.3 Å². The Balaban J connectivity index is 2.63. The maximum atomic E-state index is 11.8. The summed E-state index contributed by atoms with van der Waals surface area (Å²) in [6, 6.07) is 7.35. The molecule has 4 heteroatoms. The van der Waals surface area contributed by atoms with Crippen LogP contribution in [0.5, 0.6) is 0 Å². The molecule has 0 fully saturated rings. The fraction of sp³-hybridized carbons (Fsp3) is 0.389. The van der Waals surface area contributed by atoms with E-state index in [2.05, 4.69) is 5.92 Å². The molecule has 118 valence electrons. The smallest absolute Gasteiger partial charge is 0.320 e. The van der Waals surface area contributed by atoms with Gasteiger partial charge in [0.2, 0.25) is 0 Å². The van der Waals surface area contributed by atoms with Crippen molar-refractivity contribution < 1.29 is 9.53 Å². The van der Waals surface area contributed by atoms with Crippen LogP contribution in [0.15, 0.2) is 30.3 Å². The van der Waals surface area contributed by atoms with Crippen molar-refractivity contribution >= 4 is 23.1 Å². The van der Waals surface area contributed by atoms with Gasteiger partial charge >= 0.3 is 5.97 Å². The Kier molecular flexibility index (Phi) is 6.67. The lowest BCUT2D eigenvalue weighted by atomic mass is 10.1. The van der Waals surface area contributed by atoms with E-state index in [0.29, 0.717) is 11.6 Å². The van der Waals surface area contributed by atoms with E-state index < -0.39 is 5.60 Å². The summed E-state index contributed by atoms with van der Waals surface area (Å²) in [6.07, 6.45) is 7.46. The molecule has 0 aliphatic carbocycles. The Morgan fingerprint density at radius 2 is 1.95 bits per heavy atom. The largest absolute Gasteiger partial charge is 0.459 e. The zero-order valence-corrected chi connectivity index (χ0v) is 14.3. The summed E-state index contributed by atoms with van der Waals surface area (Å²) in [5.74, 6) is 2.41. The molecule has 0 radical (unpaired) electrons. The summed E-state index contributed by atoms with van der Waals surface area (Å²) in [5.41, 5.74) is 1.23. The van der Waals surface area contributed by atoms with Gasteiger partial charge in [0, 0.05) is 17.1 Å². The van der Waals surface area contributed by atoms with Crippen molar-refractivity contribution in [2.24, 2.45) is 0 Å². The van der Waals surface area contributed by atoms with E-state index in [0.717, 1.165) is 11.1 Å². The monoisotopic (exact) mass is 319 g/mol. The second-order valence-electron chi connectivity index (χ2n) is 6.05. The van der Waals surface area contributed by atoms with E-state index >= 15 is 0 Å². The first-order valence-corrected chi connectivity index (χ1v) is 7.42. The number of nitrogens with zero attached hydrogens (tertiary/aromatic N) is 1. The van der Waals surface area contributed by atoms with Gasteiger partial charge in [0.15, 0.2) is 0 Å². The molecule has 22 heavy (non-hydrogen) atoms. The van der Waals surface area contributed by atoms with Crippen molar-refractivity contribution in [2.75, 3.05) is 20.1 Å². The highest BCUT2D eigenvalue weighted by Gasteiger charge is 2.17. The van der Waals surface area contributed by atoms with Crippen LogP contribution in [0.2, 0.25) is 5.02 Å². The van der Waals surface area contributed by atoms with Crippen molar-refractivity contribution in [1.29, 1.82) is 0 Å². The van der Waals surface area contributed by atoms with Crippen molar-refractivity contribution in [1.82, 2.24) is 4.90 Å². The van der Waals surface area contributed by atoms with Gasteiger partial charge in [-0.2, -0.15) is 0 Å². The molecule has 0 N–H and O–H groups in total. The van der Waals surface area contributed by atoms with Crippen LogP contribution in [0.25, 0.3) is 5.57 Å². The molecule has 0 amide bonds. The van der Waals surface area contributed by atoms with Crippen LogP contribution in [0.3, 0.4) is 0 Å². The van der Waals surface area contributed by atoms with Gasteiger partial charge in [-0.05, 0) is 45.5 Å². The lowest BCUT2D eigenvalue weighted by Crippen LogP contribution is -2.32. The standard InChI is InChI=1S/C18H22ClNO2/c1-6-14(15-7-9-16(19)10-8-15)11-12-20(5)13-17(21)22-18(2,3)4/h1,7-11H,12-13H2,2-5H3. The highest BCUT2D eigenvalue weighted by atomic mass is 35.5. The molecule has 1 aromatic carbocycles. The molecule has 0 atom stereocenters. The van der Waals surface area contributed by atoms with Crippen LogP contribution in [-0.2, 0) is 9.53 Å². The highest BCUT2D eigenvalue weighted by Crippen LogP contribution is 2.17.